The van der Waals surface area contributed by atoms with Crippen molar-refractivity contribution in [1.29, 1.82) is 0 Å². The highest BCUT2D eigenvalue weighted by Gasteiger charge is 2.22. The number of aromatic nitrogens is 2. The normalized spacial score (nSPS) is 12.0. The zero-order valence-corrected chi connectivity index (χ0v) is 17.8. The molecule has 0 amide bonds. The summed E-state index contributed by atoms with van der Waals surface area (Å²) < 4.78 is 5.58. The van der Waals surface area contributed by atoms with Gasteiger partial charge < -0.3 is 20.3 Å². The maximum atomic E-state index is 11.2. The van der Waals surface area contributed by atoms with Crippen molar-refractivity contribution in [2.45, 2.75) is 26.8 Å². The number of ether oxygens (including phenoxy) is 1. The van der Waals surface area contributed by atoms with Crippen LogP contribution in [0.5, 0.6) is 17.2 Å². The van der Waals surface area contributed by atoms with Crippen LogP contribution in [0.15, 0.2) is 60.7 Å². The number of pyridine rings is 2. The van der Waals surface area contributed by atoms with Crippen molar-refractivity contribution < 1.29 is 14.9 Å². The number of benzene rings is 2. The second-order valence-electron chi connectivity index (χ2n) is 7.43. The number of hydrogen-bond acceptors (Lipinski definition) is 6. The summed E-state index contributed by atoms with van der Waals surface area (Å²) in [6, 6.07) is 18.2. The standard InChI is InChI=1S/C25H25N3O3/c1-4-31-21-14-18(11-13-20(21)29)23(28-22-7-5-6-15(2)26-22)19-12-10-17-9-8-16(3)27-24(17)25(19)30/h5-14,23,29-30H,4H2,1-3H3,(H,26,28). The van der Waals surface area contributed by atoms with Gasteiger partial charge in [0.1, 0.15) is 17.1 Å². The van der Waals surface area contributed by atoms with Gasteiger partial charge in [0.05, 0.1) is 12.6 Å². The van der Waals surface area contributed by atoms with Gasteiger partial charge in [0.15, 0.2) is 11.5 Å². The smallest absolute Gasteiger partial charge is 0.161 e. The zero-order chi connectivity index (χ0) is 22.0. The minimum Gasteiger partial charge on any atom is -0.505 e. The van der Waals surface area contributed by atoms with Crippen molar-refractivity contribution >= 4 is 16.7 Å². The van der Waals surface area contributed by atoms with E-state index < -0.39 is 6.04 Å². The molecular weight excluding hydrogens is 390 g/mol. The molecule has 31 heavy (non-hydrogen) atoms. The summed E-state index contributed by atoms with van der Waals surface area (Å²) in [6.07, 6.45) is 0. The molecule has 2 heterocycles. The molecule has 6 heteroatoms. The topological polar surface area (TPSA) is 87.5 Å². The maximum absolute atomic E-state index is 11.2. The Morgan fingerprint density at radius 1 is 0.935 bits per heavy atom. The van der Waals surface area contributed by atoms with Crippen molar-refractivity contribution in [3.8, 4) is 17.2 Å². The molecule has 4 aromatic rings. The van der Waals surface area contributed by atoms with Gasteiger partial charge in [-0.3, -0.25) is 0 Å². The van der Waals surface area contributed by atoms with Crippen molar-refractivity contribution in [1.82, 2.24) is 9.97 Å². The van der Waals surface area contributed by atoms with Crippen molar-refractivity contribution in [3.05, 3.63) is 83.2 Å². The minimum absolute atomic E-state index is 0.0676. The number of rotatable bonds is 6. The number of nitrogens with one attached hydrogen (secondary N) is 1. The van der Waals surface area contributed by atoms with Gasteiger partial charge in [-0.15, -0.1) is 0 Å². The lowest BCUT2D eigenvalue weighted by Crippen LogP contribution is -2.14. The monoisotopic (exact) mass is 415 g/mol. The quantitative estimate of drug-likeness (QED) is 0.398. The van der Waals surface area contributed by atoms with E-state index in [4.69, 9.17) is 4.74 Å². The summed E-state index contributed by atoms with van der Waals surface area (Å²) in [5, 5.41) is 25.6. The van der Waals surface area contributed by atoms with Crippen LogP contribution in [0.1, 0.15) is 35.5 Å². The Morgan fingerprint density at radius 2 is 1.71 bits per heavy atom. The van der Waals surface area contributed by atoms with E-state index in [9.17, 15) is 10.2 Å². The van der Waals surface area contributed by atoms with Crippen LogP contribution in [-0.4, -0.2) is 26.8 Å². The van der Waals surface area contributed by atoms with Crippen molar-refractivity contribution in [2.24, 2.45) is 0 Å². The van der Waals surface area contributed by atoms with Crippen LogP contribution >= 0.6 is 0 Å². The van der Waals surface area contributed by atoms with E-state index in [2.05, 4.69) is 15.3 Å². The Morgan fingerprint density at radius 3 is 2.48 bits per heavy atom. The van der Waals surface area contributed by atoms with Crippen LogP contribution in [0.3, 0.4) is 0 Å². The van der Waals surface area contributed by atoms with E-state index in [0.717, 1.165) is 22.3 Å². The van der Waals surface area contributed by atoms with E-state index in [1.165, 1.54) is 0 Å². The Balaban J connectivity index is 1.87. The fraction of sp³-hybridized carbons (Fsp3) is 0.200. The van der Waals surface area contributed by atoms with E-state index in [0.29, 0.717) is 29.3 Å². The molecule has 0 aliphatic heterocycles. The molecule has 4 rings (SSSR count). The average molecular weight is 415 g/mol. The van der Waals surface area contributed by atoms with Gasteiger partial charge in [-0.1, -0.05) is 30.3 Å². The van der Waals surface area contributed by atoms with E-state index in [1.54, 1.807) is 18.2 Å². The third-order valence-corrected chi connectivity index (χ3v) is 5.11. The fourth-order valence-corrected chi connectivity index (χ4v) is 3.61. The molecule has 6 nitrogen and oxygen atoms in total. The first-order chi connectivity index (χ1) is 15.0. The molecule has 0 radical (unpaired) electrons. The molecule has 1 unspecified atom stereocenters. The molecule has 1 atom stereocenters. The second kappa shape index (κ2) is 8.52. The average Bonchev–Trinajstić information content (AvgIpc) is 2.75. The van der Waals surface area contributed by atoms with E-state index in [-0.39, 0.29) is 11.5 Å². The molecule has 158 valence electrons. The molecule has 0 spiro atoms. The molecule has 0 aliphatic rings. The highest BCUT2D eigenvalue weighted by atomic mass is 16.5. The highest BCUT2D eigenvalue weighted by molar-refractivity contribution is 5.86. The van der Waals surface area contributed by atoms with E-state index in [1.807, 2.05) is 63.2 Å². The molecule has 0 bridgehead atoms. The lowest BCUT2D eigenvalue weighted by atomic mass is 9.95. The van der Waals surface area contributed by atoms with E-state index >= 15 is 0 Å². The zero-order valence-electron chi connectivity index (χ0n) is 17.8. The van der Waals surface area contributed by atoms with Crippen LogP contribution in [0.2, 0.25) is 0 Å². The van der Waals surface area contributed by atoms with Crippen LogP contribution in [-0.2, 0) is 0 Å². The van der Waals surface area contributed by atoms with Crippen LogP contribution in [0.25, 0.3) is 10.9 Å². The minimum atomic E-state index is -0.444. The number of hydrogen-bond donors (Lipinski definition) is 3. The van der Waals surface area contributed by atoms with Gasteiger partial charge in [0.2, 0.25) is 0 Å². The van der Waals surface area contributed by atoms with Gasteiger partial charge >= 0.3 is 0 Å². The molecule has 2 aromatic carbocycles. The van der Waals surface area contributed by atoms with Gasteiger partial charge in [0.25, 0.3) is 0 Å². The Labute approximate surface area is 181 Å². The Kier molecular flexibility index (Phi) is 5.62. The molecule has 0 fully saturated rings. The number of anilines is 1. The molecule has 3 N–H and O–H groups in total. The lowest BCUT2D eigenvalue weighted by Gasteiger charge is -2.23. The maximum Gasteiger partial charge on any atom is 0.161 e. The van der Waals surface area contributed by atoms with Crippen LogP contribution < -0.4 is 10.1 Å². The van der Waals surface area contributed by atoms with Crippen molar-refractivity contribution in [3.63, 3.8) is 0 Å². The summed E-state index contributed by atoms with van der Waals surface area (Å²) >= 11 is 0. The van der Waals surface area contributed by atoms with Crippen molar-refractivity contribution in [2.75, 3.05) is 11.9 Å². The first-order valence-corrected chi connectivity index (χ1v) is 10.2. The predicted octanol–water partition coefficient (Wildman–Crippen LogP) is 5.26. The molecule has 2 aromatic heterocycles. The highest BCUT2D eigenvalue weighted by Crippen LogP contribution is 2.39. The number of aromatic hydroxyl groups is 2. The first-order valence-electron chi connectivity index (χ1n) is 10.2. The molecule has 0 saturated heterocycles. The largest absolute Gasteiger partial charge is 0.505 e. The van der Waals surface area contributed by atoms with Crippen LogP contribution in [0.4, 0.5) is 5.82 Å². The summed E-state index contributed by atoms with van der Waals surface area (Å²) in [5.74, 6) is 1.24. The van der Waals surface area contributed by atoms with Gasteiger partial charge in [-0.05, 0) is 56.7 Å². The molecule has 0 aliphatic carbocycles. The Bertz CT molecular complexity index is 1240. The number of aryl methyl sites for hydroxylation is 2. The predicted molar refractivity (Wildman–Crippen MR) is 122 cm³/mol. The summed E-state index contributed by atoms with van der Waals surface area (Å²) in [5.41, 5.74) is 3.72. The lowest BCUT2D eigenvalue weighted by molar-refractivity contribution is 0.317. The summed E-state index contributed by atoms with van der Waals surface area (Å²) in [4.78, 5) is 9.09. The molecule has 0 saturated carbocycles. The number of fused-ring (bicyclic) bond motifs is 1. The number of nitrogens with zero attached hydrogens (tertiary/aromatic N) is 2. The van der Waals surface area contributed by atoms with Gasteiger partial charge in [0, 0.05) is 22.3 Å². The Hall–Kier alpha value is -3.80. The van der Waals surface area contributed by atoms with Crippen LogP contribution in [0, 0.1) is 13.8 Å². The van der Waals surface area contributed by atoms with Gasteiger partial charge in [-0.2, -0.15) is 0 Å². The SMILES string of the molecule is CCOc1cc(C(Nc2cccc(C)n2)c2ccc3ccc(C)nc3c2O)ccc1O. The first kappa shape index (κ1) is 20.5. The number of phenols is 2. The molecular formula is C25H25N3O3. The van der Waals surface area contributed by atoms with Gasteiger partial charge in [-0.25, -0.2) is 9.97 Å². The third-order valence-electron chi connectivity index (χ3n) is 5.11. The number of phenolic OH excluding ortho intramolecular Hbond substituents is 2. The summed E-state index contributed by atoms with van der Waals surface area (Å²) in [6.45, 7) is 6.11. The third kappa shape index (κ3) is 4.23. The summed E-state index contributed by atoms with van der Waals surface area (Å²) in [7, 11) is 0. The fourth-order valence-electron chi connectivity index (χ4n) is 3.61. The second-order valence-corrected chi connectivity index (χ2v) is 7.43.